The van der Waals surface area contributed by atoms with E-state index in [2.05, 4.69) is 16.9 Å². The lowest BCUT2D eigenvalue weighted by Gasteiger charge is -2.36. The maximum absolute atomic E-state index is 11.0. The molecule has 21 heavy (non-hydrogen) atoms. The van der Waals surface area contributed by atoms with E-state index in [1.54, 1.807) is 0 Å². The third-order valence-electron chi connectivity index (χ3n) is 6.02. The van der Waals surface area contributed by atoms with Gasteiger partial charge in [-0.1, -0.05) is 19.3 Å². The quantitative estimate of drug-likeness (QED) is 0.913. The van der Waals surface area contributed by atoms with E-state index in [4.69, 9.17) is 5.10 Å². The Kier molecular flexibility index (Phi) is 3.56. The molecule has 3 nitrogen and oxygen atoms in total. The van der Waals surface area contributed by atoms with E-state index in [9.17, 15) is 5.11 Å². The molecule has 2 atom stereocenters. The lowest BCUT2D eigenvalue weighted by molar-refractivity contribution is -0.0204. The first-order valence-electron chi connectivity index (χ1n) is 8.98. The monoisotopic (exact) mass is 288 g/mol. The Labute approximate surface area is 127 Å². The van der Waals surface area contributed by atoms with E-state index in [-0.39, 0.29) is 0 Å². The maximum atomic E-state index is 11.0. The largest absolute Gasteiger partial charge is 0.389 e. The molecule has 0 radical (unpaired) electrons. The van der Waals surface area contributed by atoms with Crippen molar-refractivity contribution in [3.05, 3.63) is 18.0 Å². The lowest BCUT2D eigenvalue weighted by atomic mass is 9.74. The van der Waals surface area contributed by atoms with Crippen LogP contribution in [0.1, 0.15) is 75.9 Å². The molecule has 1 heterocycles. The van der Waals surface area contributed by atoms with Crippen molar-refractivity contribution in [1.82, 2.24) is 9.78 Å². The van der Waals surface area contributed by atoms with Crippen LogP contribution in [0.15, 0.2) is 12.3 Å². The summed E-state index contributed by atoms with van der Waals surface area (Å²) in [5, 5.41) is 15.8. The average Bonchev–Trinajstić information content (AvgIpc) is 2.97. The highest BCUT2D eigenvalue weighted by Crippen LogP contribution is 2.47. The smallest absolute Gasteiger partial charge is 0.0706 e. The van der Waals surface area contributed by atoms with Gasteiger partial charge < -0.3 is 5.11 Å². The molecular formula is C18H28N2O. The molecule has 1 aromatic heterocycles. The molecule has 116 valence electrons. The Morgan fingerprint density at radius 3 is 2.67 bits per heavy atom. The number of aliphatic hydroxyl groups is 1. The fourth-order valence-corrected chi connectivity index (χ4v) is 4.70. The molecule has 0 bridgehead atoms. The van der Waals surface area contributed by atoms with Crippen LogP contribution in [0.2, 0.25) is 0 Å². The van der Waals surface area contributed by atoms with Gasteiger partial charge in [-0.15, -0.1) is 0 Å². The van der Waals surface area contributed by atoms with E-state index < -0.39 is 5.60 Å². The summed E-state index contributed by atoms with van der Waals surface area (Å²) in [5.74, 6) is 1.70. The number of hydrogen-bond donors (Lipinski definition) is 1. The van der Waals surface area contributed by atoms with Crippen molar-refractivity contribution < 1.29 is 5.11 Å². The van der Waals surface area contributed by atoms with Crippen LogP contribution in [0.25, 0.3) is 0 Å². The predicted molar refractivity (Wildman–Crippen MR) is 83.1 cm³/mol. The number of hydrogen-bond acceptors (Lipinski definition) is 2. The highest BCUT2D eigenvalue weighted by atomic mass is 16.3. The van der Waals surface area contributed by atoms with Crippen molar-refractivity contribution in [1.29, 1.82) is 0 Å². The van der Waals surface area contributed by atoms with E-state index in [0.717, 1.165) is 36.8 Å². The van der Waals surface area contributed by atoms with Crippen LogP contribution >= 0.6 is 0 Å². The minimum Gasteiger partial charge on any atom is -0.389 e. The summed E-state index contributed by atoms with van der Waals surface area (Å²) in [5.41, 5.74) is 0.612. The van der Waals surface area contributed by atoms with Gasteiger partial charge in [-0.2, -0.15) is 5.10 Å². The predicted octanol–water partition coefficient (Wildman–Crippen LogP) is 3.87. The van der Waals surface area contributed by atoms with Gasteiger partial charge in [-0.05, 0) is 62.8 Å². The number of rotatable bonds is 4. The van der Waals surface area contributed by atoms with Crippen LogP contribution in [-0.2, 0) is 6.42 Å². The summed E-state index contributed by atoms with van der Waals surface area (Å²) in [4.78, 5) is 0. The number of aromatic nitrogens is 2. The van der Waals surface area contributed by atoms with Crippen LogP contribution in [-0.4, -0.2) is 20.5 Å². The first kappa shape index (κ1) is 13.8. The fraction of sp³-hybridized carbons (Fsp3) is 0.833. The minimum atomic E-state index is -0.486. The molecule has 3 aliphatic rings. The highest BCUT2D eigenvalue weighted by Gasteiger charge is 2.41. The second kappa shape index (κ2) is 5.42. The SMILES string of the molecule is OC1(Cc2ccn(C3CCCC3)n2)CCCC(C2CC2)C1. The Hall–Kier alpha value is -0.830. The van der Waals surface area contributed by atoms with Crippen LogP contribution in [0, 0.1) is 11.8 Å². The molecular weight excluding hydrogens is 260 g/mol. The van der Waals surface area contributed by atoms with Crippen molar-refractivity contribution >= 4 is 0 Å². The molecule has 0 saturated heterocycles. The Balaban J connectivity index is 1.42. The van der Waals surface area contributed by atoms with Crippen molar-refractivity contribution in [2.24, 2.45) is 11.8 Å². The van der Waals surface area contributed by atoms with Gasteiger partial charge in [0.25, 0.3) is 0 Å². The second-order valence-corrected chi connectivity index (χ2v) is 7.82. The summed E-state index contributed by atoms with van der Waals surface area (Å²) in [6.45, 7) is 0. The van der Waals surface area contributed by atoms with Gasteiger partial charge in [0.15, 0.2) is 0 Å². The van der Waals surface area contributed by atoms with Crippen LogP contribution < -0.4 is 0 Å². The standard InChI is InChI=1S/C18H28N2O/c21-18(10-3-4-15(12-18)14-7-8-14)13-16-9-11-20(19-16)17-5-1-2-6-17/h9,11,14-15,17,21H,1-8,10,12-13H2. The van der Waals surface area contributed by atoms with E-state index >= 15 is 0 Å². The average molecular weight is 288 g/mol. The molecule has 1 aromatic rings. The Morgan fingerprint density at radius 1 is 1.10 bits per heavy atom. The van der Waals surface area contributed by atoms with Crippen molar-refractivity contribution in [3.63, 3.8) is 0 Å². The zero-order chi connectivity index (χ0) is 14.3. The normalized spacial score (nSPS) is 34.4. The van der Waals surface area contributed by atoms with Gasteiger partial charge in [-0.25, -0.2) is 0 Å². The summed E-state index contributed by atoms with van der Waals surface area (Å²) in [6, 6.07) is 2.75. The molecule has 1 N–H and O–H groups in total. The van der Waals surface area contributed by atoms with Gasteiger partial charge in [-0.3, -0.25) is 4.68 Å². The number of nitrogens with zero attached hydrogens (tertiary/aromatic N) is 2. The Morgan fingerprint density at radius 2 is 1.90 bits per heavy atom. The third kappa shape index (κ3) is 3.03. The van der Waals surface area contributed by atoms with Crippen molar-refractivity contribution in [2.75, 3.05) is 0 Å². The van der Waals surface area contributed by atoms with E-state index in [0.29, 0.717) is 6.04 Å². The molecule has 0 aromatic carbocycles. The zero-order valence-electron chi connectivity index (χ0n) is 13.0. The molecule has 2 unspecified atom stereocenters. The fourth-order valence-electron chi connectivity index (χ4n) is 4.70. The van der Waals surface area contributed by atoms with Gasteiger partial charge in [0.2, 0.25) is 0 Å². The first-order chi connectivity index (χ1) is 10.2. The maximum Gasteiger partial charge on any atom is 0.0706 e. The van der Waals surface area contributed by atoms with E-state index in [1.165, 1.54) is 51.4 Å². The van der Waals surface area contributed by atoms with Gasteiger partial charge >= 0.3 is 0 Å². The van der Waals surface area contributed by atoms with Gasteiger partial charge in [0.05, 0.1) is 17.3 Å². The molecule has 0 spiro atoms. The summed E-state index contributed by atoms with van der Waals surface area (Å²) >= 11 is 0. The topological polar surface area (TPSA) is 38.0 Å². The molecule has 0 amide bonds. The summed E-state index contributed by atoms with van der Waals surface area (Å²) in [6.07, 6.45) is 15.4. The van der Waals surface area contributed by atoms with E-state index in [1.807, 2.05) is 0 Å². The van der Waals surface area contributed by atoms with Crippen LogP contribution in [0.3, 0.4) is 0 Å². The molecule has 3 fully saturated rings. The molecule has 3 saturated carbocycles. The molecule has 3 heteroatoms. The molecule has 4 rings (SSSR count). The second-order valence-electron chi connectivity index (χ2n) is 7.82. The zero-order valence-corrected chi connectivity index (χ0v) is 13.0. The third-order valence-corrected chi connectivity index (χ3v) is 6.02. The lowest BCUT2D eigenvalue weighted by Crippen LogP contribution is -2.38. The van der Waals surface area contributed by atoms with Crippen LogP contribution in [0.5, 0.6) is 0 Å². The van der Waals surface area contributed by atoms with Crippen LogP contribution in [0.4, 0.5) is 0 Å². The first-order valence-corrected chi connectivity index (χ1v) is 8.98. The summed E-state index contributed by atoms with van der Waals surface area (Å²) in [7, 11) is 0. The summed E-state index contributed by atoms with van der Waals surface area (Å²) < 4.78 is 2.16. The van der Waals surface area contributed by atoms with Gasteiger partial charge in [0, 0.05) is 12.6 Å². The highest BCUT2D eigenvalue weighted by molar-refractivity contribution is 5.07. The van der Waals surface area contributed by atoms with Crippen molar-refractivity contribution in [3.8, 4) is 0 Å². The van der Waals surface area contributed by atoms with Gasteiger partial charge in [0.1, 0.15) is 0 Å². The molecule has 0 aliphatic heterocycles. The minimum absolute atomic E-state index is 0.486. The molecule has 3 aliphatic carbocycles. The Bertz CT molecular complexity index is 487. The van der Waals surface area contributed by atoms with Crippen molar-refractivity contribution in [2.45, 2.75) is 82.3 Å².